The van der Waals surface area contributed by atoms with Crippen molar-refractivity contribution >= 4 is 5.91 Å². The zero-order valence-electron chi connectivity index (χ0n) is 12.7. The Morgan fingerprint density at radius 3 is 2.84 bits per heavy atom. The van der Waals surface area contributed by atoms with Crippen molar-refractivity contribution in [2.24, 2.45) is 0 Å². The van der Waals surface area contributed by atoms with E-state index < -0.39 is 23.2 Å². The molecule has 1 aromatic carbocycles. The first kappa shape index (κ1) is 16.4. The second-order valence-electron chi connectivity index (χ2n) is 4.98. The monoisotopic (exact) mass is 346 g/mol. The Bertz CT molecular complexity index is 968. The largest absolute Gasteiger partial charge is 0.436 e. The van der Waals surface area contributed by atoms with Crippen LogP contribution < -0.4 is 15.7 Å². The molecule has 0 aliphatic heterocycles. The van der Waals surface area contributed by atoms with E-state index in [1.54, 1.807) is 12.1 Å². The number of ether oxygens (including phenoxy) is 1. The van der Waals surface area contributed by atoms with Crippen LogP contribution in [0.15, 0.2) is 47.5 Å². The number of hydrogen-bond acceptors (Lipinski definition) is 4. The highest BCUT2D eigenvalue weighted by Crippen LogP contribution is 2.25. The summed E-state index contributed by atoms with van der Waals surface area (Å²) in [5.41, 5.74) is 0.0423. The minimum atomic E-state index is -0.870. The van der Waals surface area contributed by atoms with Crippen LogP contribution in [0.3, 0.4) is 0 Å². The third kappa shape index (κ3) is 3.89. The second-order valence-corrected chi connectivity index (χ2v) is 4.98. The standard InChI is InChI=1S/C16H12F2N4O3/c17-10-3-4-13(11(18)6-10)25-15-9(2-1-5-19-15)7-20-14(23)12-8-21-16(24)22-12/h1-6,8H,7H2,(H,20,23)(H2,21,22,24). The molecule has 3 rings (SSSR count). The van der Waals surface area contributed by atoms with Gasteiger partial charge in [-0.3, -0.25) is 4.79 Å². The molecule has 3 aromatic rings. The summed E-state index contributed by atoms with van der Waals surface area (Å²) in [5, 5.41) is 2.58. The third-order valence-electron chi connectivity index (χ3n) is 3.23. The number of nitrogens with one attached hydrogen (secondary N) is 3. The number of carbonyl (C=O) groups is 1. The third-order valence-corrected chi connectivity index (χ3v) is 3.23. The van der Waals surface area contributed by atoms with Gasteiger partial charge in [-0.05, 0) is 18.2 Å². The topological polar surface area (TPSA) is 99.9 Å². The maximum Gasteiger partial charge on any atom is 0.323 e. The van der Waals surface area contributed by atoms with Gasteiger partial charge in [0.05, 0.1) is 0 Å². The number of aromatic amines is 2. The van der Waals surface area contributed by atoms with Gasteiger partial charge in [-0.15, -0.1) is 0 Å². The van der Waals surface area contributed by atoms with Gasteiger partial charge in [0.2, 0.25) is 5.88 Å². The highest BCUT2D eigenvalue weighted by molar-refractivity contribution is 5.91. The van der Waals surface area contributed by atoms with Gasteiger partial charge >= 0.3 is 5.69 Å². The summed E-state index contributed by atoms with van der Waals surface area (Å²) in [5.74, 6) is -2.23. The molecule has 0 saturated carbocycles. The summed E-state index contributed by atoms with van der Waals surface area (Å²) in [6, 6.07) is 6.15. The van der Waals surface area contributed by atoms with Crippen LogP contribution >= 0.6 is 0 Å². The zero-order chi connectivity index (χ0) is 17.8. The molecular formula is C16H12F2N4O3. The normalized spacial score (nSPS) is 10.5. The molecule has 7 nitrogen and oxygen atoms in total. The van der Waals surface area contributed by atoms with Crippen molar-refractivity contribution in [3.05, 3.63) is 76.1 Å². The minimum Gasteiger partial charge on any atom is -0.436 e. The summed E-state index contributed by atoms with van der Waals surface area (Å²) in [4.78, 5) is 31.6. The van der Waals surface area contributed by atoms with Crippen molar-refractivity contribution in [2.75, 3.05) is 0 Å². The number of halogens is 2. The van der Waals surface area contributed by atoms with Gasteiger partial charge in [0.15, 0.2) is 11.6 Å². The quantitative estimate of drug-likeness (QED) is 0.659. The van der Waals surface area contributed by atoms with Crippen LogP contribution in [-0.2, 0) is 6.54 Å². The Kier molecular flexibility index (Phi) is 4.55. The molecule has 9 heteroatoms. The van der Waals surface area contributed by atoms with Gasteiger partial charge < -0.3 is 20.0 Å². The molecule has 0 aliphatic rings. The molecule has 3 N–H and O–H groups in total. The van der Waals surface area contributed by atoms with Crippen LogP contribution in [0, 0.1) is 11.6 Å². The number of H-pyrrole nitrogens is 2. The lowest BCUT2D eigenvalue weighted by molar-refractivity contribution is 0.0946. The van der Waals surface area contributed by atoms with Crippen LogP contribution in [0.2, 0.25) is 0 Å². The Balaban J connectivity index is 1.74. The summed E-state index contributed by atoms with van der Waals surface area (Å²) < 4.78 is 32.0. The molecule has 0 bridgehead atoms. The number of imidazole rings is 1. The van der Waals surface area contributed by atoms with Crippen LogP contribution in [0.5, 0.6) is 11.6 Å². The van der Waals surface area contributed by atoms with E-state index in [0.29, 0.717) is 11.6 Å². The van der Waals surface area contributed by atoms with Gasteiger partial charge in [-0.2, -0.15) is 0 Å². The van der Waals surface area contributed by atoms with E-state index in [-0.39, 0.29) is 23.9 Å². The van der Waals surface area contributed by atoms with Crippen molar-refractivity contribution in [2.45, 2.75) is 6.54 Å². The predicted octanol–water partition coefficient (Wildman–Crippen LogP) is 2.10. The Morgan fingerprint density at radius 2 is 2.12 bits per heavy atom. The second kappa shape index (κ2) is 6.95. The molecule has 0 spiro atoms. The number of hydrogen-bond donors (Lipinski definition) is 3. The number of nitrogens with zero attached hydrogens (tertiary/aromatic N) is 1. The number of aromatic nitrogens is 3. The fraction of sp³-hybridized carbons (Fsp3) is 0.0625. The first-order valence-corrected chi connectivity index (χ1v) is 7.15. The van der Waals surface area contributed by atoms with Crippen molar-refractivity contribution in [1.29, 1.82) is 0 Å². The molecule has 0 aliphatic carbocycles. The molecule has 1 amide bonds. The van der Waals surface area contributed by atoms with Gasteiger partial charge in [0, 0.05) is 30.6 Å². The molecule has 0 saturated heterocycles. The predicted molar refractivity (Wildman–Crippen MR) is 83.3 cm³/mol. The SMILES string of the molecule is O=C(NCc1cccnc1Oc1ccc(F)cc1F)c1c[nH]c(=O)[nH]1. The Labute approximate surface area is 139 Å². The molecule has 0 unspecified atom stereocenters. The summed E-state index contributed by atoms with van der Waals surface area (Å²) >= 11 is 0. The van der Waals surface area contributed by atoms with Crippen LogP contribution in [0.1, 0.15) is 16.1 Å². The number of rotatable bonds is 5. The fourth-order valence-electron chi connectivity index (χ4n) is 2.04. The lowest BCUT2D eigenvalue weighted by Gasteiger charge is -2.11. The smallest absolute Gasteiger partial charge is 0.323 e. The van der Waals surface area contributed by atoms with E-state index >= 15 is 0 Å². The van der Waals surface area contributed by atoms with Gasteiger partial charge in [-0.1, -0.05) is 6.07 Å². The molecule has 2 heterocycles. The van der Waals surface area contributed by atoms with Crippen molar-refractivity contribution in [3.8, 4) is 11.6 Å². The molecular weight excluding hydrogens is 334 g/mol. The zero-order valence-corrected chi connectivity index (χ0v) is 12.7. The van der Waals surface area contributed by atoms with E-state index in [0.717, 1.165) is 12.1 Å². The molecule has 2 aromatic heterocycles. The molecule has 25 heavy (non-hydrogen) atoms. The maximum absolute atomic E-state index is 13.7. The number of benzene rings is 1. The summed E-state index contributed by atoms with van der Waals surface area (Å²) in [6.07, 6.45) is 2.68. The van der Waals surface area contributed by atoms with E-state index in [2.05, 4.69) is 20.3 Å². The maximum atomic E-state index is 13.7. The number of pyridine rings is 1. The molecule has 0 fully saturated rings. The van der Waals surface area contributed by atoms with Crippen LogP contribution in [0.4, 0.5) is 8.78 Å². The number of amides is 1. The summed E-state index contributed by atoms with van der Waals surface area (Å²) in [6.45, 7) is 0.0258. The fourth-order valence-corrected chi connectivity index (χ4v) is 2.04. The van der Waals surface area contributed by atoms with Gasteiger partial charge in [0.1, 0.15) is 11.5 Å². The van der Waals surface area contributed by atoms with Crippen molar-refractivity contribution in [3.63, 3.8) is 0 Å². The average Bonchev–Trinajstić information content (AvgIpc) is 3.03. The van der Waals surface area contributed by atoms with E-state index in [4.69, 9.17) is 4.74 Å². The minimum absolute atomic E-state index is 0.0258. The average molecular weight is 346 g/mol. The first-order valence-electron chi connectivity index (χ1n) is 7.15. The van der Waals surface area contributed by atoms with Gasteiger partial charge in [-0.25, -0.2) is 18.6 Å². The van der Waals surface area contributed by atoms with Gasteiger partial charge in [0.25, 0.3) is 5.91 Å². The van der Waals surface area contributed by atoms with Crippen molar-refractivity contribution in [1.82, 2.24) is 20.3 Å². The summed E-state index contributed by atoms with van der Waals surface area (Å²) in [7, 11) is 0. The Morgan fingerprint density at radius 1 is 1.28 bits per heavy atom. The lowest BCUT2D eigenvalue weighted by Crippen LogP contribution is -2.24. The van der Waals surface area contributed by atoms with Crippen LogP contribution in [-0.4, -0.2) is 20.9 Å². The highest BCUT2D eigenvalue weighted by atomic mass is 19.1. The van der Waals surface area contributed by atoms with E-state index in [1.807, 2.05) is 0 Å². The molecule has 128 valence electrons. The van der Waals surface area contributed by atoms with E-state index in [1.165, 1.54) is 12.4 Å². The first-order chi connectivity index (χ1) is 12.0. The molecule has 0 radical (unpaired) electrons. The Hall–Kier alpha value is -3.49. The van der Waals surface area contributed by atoms with Crippen LogP contribution in [0.25, 0.3) is 0 Å². The highest BCUT2D eigenvalue weighted by Gasteiger charge is 2.13. The number of carbonyl (C=O) groups excluding carboxylic acids is 1. The molecule has 0 atom stereocenters. The van der Waals surface area contributed by atoms with Crippen molar-refractivity contribution < 1.29 is 18.3 Å². The van der Waals surface area contributed by atoms with E-state index in [9.17, 15) is 18.4 Å². The lowest BCUT2D eigenvalue weighted by atomic mass is 10.2.